The van der Waals surface area contributed by atoms with Crippen molar-refractivity contribution in [1.82, 2.24) is 0 Å². The van der Waals surface area contributed by atoms with Gasteiger partial charge in [0.25, 0.3) is 0 Å². The molecule has 90 valence electrons. The smallest absolute Gasteiger partial charge is 0.119 e. The van der Waals surface area contributed by atoms with Gasteiger partial charge in [0.05, 0.1) is 13.2 Å². The summed E-state index contributed by atoms with van der Waals surface area (Å²) in [5.74, 6) is 1.37. The number of benzene rings is 1. The fourth-order valence-electron chi connectivity index (χ4n) is 1.34. The Morgan fingerprint density at radius 1 is 1.25 bits per heavy atom. The van der Waals surface area contributed by atoms with Crippen LogP contribution in [0.5, 0.6) is 5.75 Å². The van der Waals surface area contributed by atoms with Crippen LogP contribution < -0.4 is 4.74 Å². The van der Waals surface area contributed by atoms with Crippen molar-refractivity contribution in [3.8, 4) is 5.75 Å². The van der Waals surface area contributed by atoms with E-state index in [-0.39, 0.29) is 11.9 Å². The minimum atomic E-state index is 0.218. The monoisotopic (exact) mass is 240 g/mol. The second-order valence-electron chi connectivity index (χ2n) is 3.99. The number of aliphatic hydroxyl groups is 1. The van der Waals surface area contributed by atoms with Crippen LogP contribution in [0, 0.1) is 5.92 Å². The zero-order valence-electron chi connectivity index (χ0n) is 10.1. The summed E-state index contributed by atoms with van der Waals surface area (Å²) in [7, 11) is 0. The standard InChI is InChI=1S/C13H20O2S/c1-4-15-11-5-7-12(8-6-11)16-13(9-14)10(2)3/h5-8,10,13-14H,4,9H2,1-3H3. The summed E-state index contributed by atoms with van der Waals surface area (Å²) in [4.78, 5) is 1.18. The van der Waals surface area contributed by atoms with Gasteiger partial charge in [-0.05, 0) is 37.1 Å². The Morgan fingerprint density at radius 2 is 1.88 bits per heavy atom. The second kappa shape index (κ2) is 6.81. The first kappa shape index (κ1) is 13.4. The van der Waals surface area contributed by atoms with Crippen molar-refractivity contribution in [2.75, 3.05) is 13.2 Å². The Morgan fingerprint density at radius 3 is 2.31 bits per heavy atom. The highest BCUT2D eigenvalue weighted by molar-refractivity contribution is 8.00. The predicted molar refractivity (Wildman–Crippen MR) is 69.2 cm³/mol. The van der Waals surface area contributed by atoms with Crippen LogP contribution >= 0.6 is 11.8 Å². The zero-order valence-corrected chi connectivity index (χ0v) is 11.0. The molecule has 3 heteroatoms. The lowest BCUT2D eigenvalue weighted by Crippen LogP contribution is -2.15. The van der Waals surface area contributed by atoms with E-state index in [1.165, 1.54) is 4.90 Å². The van der Waals surface area contributed by atoms with Crippen LogP contribution in [0.15, 0.2) is 29.2 Å². The third-order valence-corrected chi connectivity index (χ3v) is 3.89. The molecule has 1 atom stereocenters. The minimum Gasteiger partial charge on any atom is -0.494 e. The van der Waals surface area contributed by atoms with Gasteiger partial charge < -0.3 is 9.84 Å². The Labute approximate surface area is 102 Å². The predicted octanol–water partition coefficient (Wildman–Crippen LogP) is 3.19. The maximum Gasteiger partial charge on any atom is 0.119 e. The molecular weight excluding hydrogens is 220 g/mol. The first-order valence-electron chi connectivity index (χ1n) is 5.67. The van der Waals surface area contributed by atoms with Crippen molar-refractivity contribution in [2.24, 2.45) is 5.92 Å². The molecule has 0 radical (unpaired) electrons. The fraction of sp³-hybridized carbons (Fsp3) is 0.538. The quantitative estimate of drug-likeness (QED) is 0.774. The first-order chi connectivity index (χ1) is 7.67. The summed E-state index contributed by atoms with van der Waals surface area (Å²) in [6, 6.07) is 8.03. The normalized spacial score (nSPS) is 12.8. The molecule has 0 amide bonds. The molecule has 0 aromatic heterocycles. The van der Waals surface area contributed by atoms with Gasteiger partial charge in [0.15, 0.2) is 0 Å². The van der Waals surface area contributed by atoms with Crippen molar-refractivity contribution in [3.05, 3.63) is 24.3 Å². The van der Waals surface area contributed by atoms with E-state index in [1.807, 2.05) is 31.2 Å². The highest BCUT2D eigenvalue weighted by Gasteiger charge is 2.13. The molecule has 1 N–H and O–H groups in total. The maximum atomic E-state index is 9.25. The van der Waals surface area contributed by atoms with Gasteiger partial charge in [0, 0.05) is 10.1 Å². The third kappa shape index (κ3) is 4.06. The molecule has 0 spiro atoms. The number of thioether (sulfide) groups is 1. The molecule has 0 saturated carbocycles. The summed E-state index contributed by atoms with van der Waals surface area (Å²) in [6.07, 6.45) is 0. The number of hydrogen-bond acceptors (Lipinski definition) is 3. The highest BCUT2D eigenvalue weighted by atomic mass is 32.2. The first-order valence-corrected chi connectivity index (χ1v) is 6.55. The zero-order chi connectivity index (χ0) is 12.0. The molecule has 16 heavy (non-hydrogen) atoms. The van der Waals surface area contributed by atoms with Crippen LogP contribution in [-0.4, -0.2) is 23.6 Å². The number of hydrogen-bond donors (Lipinski definition) is 1. The minimum absolute atomic E-state index is 0.218. The molecule has 0 saturated heterocycles. The molecule has 1 unspecified atom stereocenters. The summed E-state index contributed by atoms with van der Waals surface area (Å²) in [5.41, 5.74) is 0. The molecule has 2 nitrogen and oxygen atoms in total. The van der Waals surface area contributed by atoms with Gasteiger partial charge in [-0.3, -0.25) is 0 Å². The largest absolute Gasteiger partial charge is 0.494 e. The Kier molecular flexibility index (Phi) is 5.71. The summed E-state index contributed by atoms with van der Waals surface area (Å²) in [5, 5.41) is 9.51. The Balaban J connectivity index is 2.60. The molecular formula is C13H20O2S. The fourth-order valence-corrected chi connectivity index (χ4v) is 2.33. The Hall–Kier alpha value is -0.670. The van der Waals surface area contributed by atoms with E-state index in [2.05, 4.69) is 13.8 Å². The van der Waals surface area contributed by atoms with Crippen molar-refractivity contribution < 1.29 is 9.84 Å². The molecule has 1 aromatic carbocycles. The van der Waals surface area contributed by atoms with Crippen LogP contribution in [0.2, 0.25) is 0 Å². The van der Waals surface area contributed by atoms with Gasteiger partial charge in [-0.1, -0.05) is 13.8 Å². The van der Waals surface area contributed by atoms with Gasteiger partial charge in [-0.25, -0.2) is 0 Å². The maximum absolute atomic E-state index is 9.25. The lowest BCUT2D eigenvalue weighted by molar-refractivity contribution is 0.275. The molecule has 0 fully saturated rings. The van der Waals surface area contributed by atoms with E-state index >= 15 is 0 Å². The Bertz CT molecular complexity index is 295. The van der Waals surface area contributed by atoms with Crippen molar-refractivity contribution in [2.45, 2.75) is 30.9 Å². The molecule has 1 aromatic rings. The molecule has 0 aliphatic carbocycles. The van der Waals surface area contributed by atoms with Crippen LogP contribution in [0.25, 0.3) is 0 Å². The lowest BCUT2D eigenvalue weighted by Gasteiger charge is -2.17. The van der Waals surface area contributed by atoms with Gasteiger partial charge in [0.2, 0.25) is 0 Å². The third-order valence-electron chi connectivity index (χ3n) is 2.35. The van der Waals surface area contributed by atoms with Crippen molar-refractivity contribution in [1.29, 1.82) is 0 Å². The van der Waals surface area contributed by atoms with Gasteiger partial charge in [-0.15, -0.1) is 11.8 Å². The van der Waals surface area contributed by atoms with E-state index in [1.54, 1.807) is 11.8 Å². The SMILES string of the molecule is CCOc1ccc(SC(CO)C(C)C)cc1. The van der Waals surface area contributed by atoms with Crippen molar-refractivity contribution >= 4 is 11.8 Å². The summed E-state index contributed by atoms with van der Waals surface area (Å²) in [6.45, 7) is 7.14. The van der Waals surface area contributed by atoms with Crippen LogP contribution in [0.1, 0.15) is 20.8 Å². The van der Waals surface area contributed by atoms with Crippen LogP contribution in [0.3, 0.4) is 0 Å². The van der Waals surface area contributed by atoms with Gasteiger partial charge in [0.1, 0.15) is 5.75 Å². The van der Waals surface area contributed by atoms with E-state index in [9.17, 15) is 5.11 Å². The second-order valence-corrected chi connectivity index (χ2v) is 5.30. The number of rotatable bonds is 6. The van der Waals surface area contributed by atoms with Crippen LogP contribution in [-0.2, 0) is 0 Å². The van der Waals surface area contributed by atoms with E-state index in [4.69, 9.17) is 4.74 Å². The average molecular weight is 240 g/mol. The van der Waals surface area contributed by atoms with E-state index in [0.29, 0.717) is 12.5 Å². The molecule has 0 aliphatic rings. The van der Waals surface area contributed by atoms with E-state index < -0.39 is 0 Å². The topological polar surface area (TPSA) is 29.5 Å². The van der Waals surface area contributed by atoms with Crippen molar-refractivity contribution in [3.63, 3.8) is 0 Å². The molecule has 0 bridgehead atoms. The van der Waals surface area contributed by atoms with E-state index in [0.717, 1.165) is 5.75 Å². The molecule has 0 heterocycles. The lowest BCUT2D eigenvalue weighted by atomic mass is 10.1. The van der Waals surface area contributed by atoms with Gasteiger partial charge >= 0.3 is 0 Å². The number of aliphatic hydroxyl groups excluding tert-OH is 1. The highest BCUT2D eigenvalue weighted by Crippen LogP contribution is 2.29. The molecule has 1 rings (SSSR count). The molecule has 0 aliphatic heterocycles. The summed E-state index contributed by atoms with van der Waals surface area (Å²) < 4.78 is 5.38. The van der Waals surface area contributed by atoms with Crippen LogP contribution in [0.4, 0.5) is 0 Å². The van der Waals surface area contributed by atoms with Gasteiger partial charge in [-0.2, -0.15) is 0 Å². The summed E-state index contributed by atoms with van der Waals surface area (Å²) >= 11 is 1.72. The number of ether oxygens (including phenoxy) is 1. The average Bonchev–Trinajstić information content (AvgIpc) is 2.28.